The van der Waals surface area contributed by atoms with Crippen LogP contribution in [-0.2, 0) is 0 Å². The van der Waals surface area contributed by atoms with Gasteiger partial charge in [-0.15, -0.1) is 0 Å². The van der Waals surface area contributed by atoms with Crippen LogP contribution in [0.4, 0.5) is 11.4 Å². The molecule has 0 aromatic heterocycles. The van der Waals surface area contributed by atoms with Gasteiger partial charge in [0, 0.05) is 12.6 Å². The Labute approximate surface area is 143 Å². The summed E-state index contributed by atoms with van der Waals surface area (Å²) in [6.07, 6.45) is 9.23. The van der Waals surface area contributed by atoms with Gasteiger partial charge < -0.3 is 10.6 Å². The quantitative estimate of drug-likeness (QED) is 0.628. The smallest absolute Gasteiger partial charge is 0.0602 e. The van der Waals surface area contributed by atoms with E-state index in [1.165, 1.54) is 56.2 Å². The number of nitrogens with zero attached hydrogens (tertiary/aromatic N) is 1. The molecule has 2 rings (SSSR count). The minimum Gasteiger partial charge on any atom is -0.397 e. The van der Waals surface area contributed by atoms with E-state index >= 15 is 0 Å². The molecular formula is C21H36N2. The first kappa shape index (κ1) is 18.2. The third kappa shape index (κ3) is 4.89. The van der Waals surface area contributed by atoms with E-state index in [-0.39, 0.29) is 0 Å². The number of benzene rings is 1. The number of nitrogens with two attached hydrogens (primary N) is 1. The molecule has 1 saturated carbocycles. The molecule has 0 bridgehead atoms. The summed E-state index contributed by atoms with van der Waals surface area (Å²) in [7, 11) is 0. The average Bonchev–Trinajstić information content (AvgIpc) is 2.54. The van der Waals surface area contributed by atoms with Crippen molar-refractivity contribution in [2.75, 3.05) is 17.2 Å². The molecule has 1 fully saturated rings. The zero-order chi connectivity index (χ0) is 16.8. The van der Waals surface area contributed by atoms with Crippen LogP contribution in [0.25, 0.3) is 0 Å². The van der Waals surface area contributed by atoms with Crippen LogP contribution in [0.3, 0.4) is 0 Å². The minimum absolute atomic E-state index is 0.601. The molecule has 0 radical (unpaired) electrons. The van der Waals surface area contributed by atoms with Gasteiger partial charge in [-0.25, -0.2) is 0 Å². The van der Waals surface area contributed by atoms with Gasteiger partial charge in [0.15, 0.2) is 0 Å². The van der Waals surface area contributed by atoms with E-state index in [9.17, 15) is 0 Å². The lowest BCUT2D eigenvalue weighted by Crippen LogP contribution is -2.39. The first-order valence-electron chi connectivity index (χ1n) is 9.69. The molecule has 1 aliphatic rings. The van der Waals surface area contributed by atoms with Crippen molar-refractivity contribution in [3.05, 3.63) is 23.8 Å². The van der Waals surface area contributed by atoms with Crippen LogP contribution < -0.4 is 10.6 Å². The lowest BCUT2D eigenvalue weighted by molar-refractivity contribution is 0.401. The van der Waals surface area contributed by atoms with E-state index in [0.29, 0.717) is 17.9 Å². The Balaban J connectivity index is 2.23. The molecule has 0 aliphatic heterocycles. The summed E-state index contributed by atoms with van der Waals surface area (Å²) in [5.41, 5.74) is 10.1. The van der Waals surface area contributed by atoms with Crippen LogP contribution in [0.2, 0.25) is 0 Å². The monoisotopic (exact) mass is 316 g/mol. The zero-order valence-corrected chi connectivity index (χ0v) is 15.6. The maximum absolute atomic E-state index is 6.50. The largest absolute Gasteiger partial charge is 0.397 e. The van der Waals surface area contributed by atoms with Gasteiger partial charge in [0.05, 0.1) is 11.4 Å². The second-order valence-electron chi connectivity index (χ2n) is 7.85. The molecule has 1 atom stereocenters. The fourth-order valence-corrected chi connectivity index (χ4v) is 3.97. The van der Waals surface area contributed by atoms with E-state index in [1.807, 2.05) is 0 Å². The lowest BCUT2D eigenvalue weighted by Gasteiger charge is -2.38. The summed E-state index contributed by atoms with van der Waals surface area (Å²) in [6, 6.07) is 7.49. The Bertz CT molecular complexity index is 475. The zero-order valence-electron chi connectivity index (χ0n) is 15.6. The lowest BCUT2D eigenvalue weighted by atomic mass is 9.92. The van der Waals surface area contributed by atoms with E-state index in [2.05, 4.69) is 50.8 Å². The third-order valence-corrected chi connectivity index (χ3v) is 5.23. The normalized spacial score (nSPS) is 17.4. The number of hydrogen-bond donors (Lipinski definition) is 1. The second kappa shape index (κ2) is 8.61. The maximum Gasteiger partial charge on any atom is 0.0602 e. The van der Waals surface area contributed by atoms with Crippen molar-refractivity contribution in [1.29, 1.82) is 0 Å². The molecule has 23 heavy (non-hydrogen) atoms. The second-order valence-corrected chi connectivity index (χ2v) is 7.85. The Morgan fingerprint density at radius 1 is 1.13 bits per heavy atom. The van der Waals surface area contributed by atoms with Crippen LogP contribution in [0.5, 0.6) is 0 Å². The standard InChI is InChI=1S/C21H36N2/c1-5-9-17(4)18-12-13-21(20(22)14-18)23(15-16(2)3)19-10-7-6-8-11-19/h12-14,16-17,19H,5-11,15,22H2,1-4H3. The van der Waals surface area contributed by atoms with E-state index in [4.69, 9.17) is 5.73 Å². The van der Waals surface area contributed by atoms with Crippen LogP contribution in [0, 0.1) is 5.92 Å². The number of hydrogen-bond acceptors (Lipinski definition) is 2. The van der Waals surface area contributed by atoms with Crippen molar-refractivity contribution in [3.8, 4) is 0 Å². The summed E-state index contributed by atoms with van der Waals surface area (Å²) in [6.45, 7) is 10.3. The molecule has 1 unspecified atom stereocenters. The van der Waals surface area contributed by atoms with Crippen molar-refractivity contribution in [3.63, 3.8) is 0 Å². The molecule has 1 aliphatic carbocycles. The van der Waals surface area contributed by atoms with Crippen molar-refractivity contribution in [2.45, 2.75) is 84.6 Å². The maximum atomic E-state index is 6.50. The van der Waals surface area contributed by atoms with Crippen LogP contribution in [-0.4, -0.2) is 12.6 Å². The highest BCUT2D eigenvalue weighted by Crippen LogP contribution is 2.34. The topological polar surface area (TPSA) is 29.3 Å². The molecule has 2 heteroatoms. The van der Waals surface area contributed by atoms with Gasteiger partial charge in [-0.1, -0.05) is 59.4 Å². The summed E-state index contributed by atoms with van der Waals surface area (Å²) in [5, 5.41) is 0. The molecule has 2 N–H and O–H groups in total. The first-order valence-corrected chi connectivity index (χ1v) is 9.69. The van der Waals surface area contributed by atoms with Gasteiger partial charge in [-0.2, -0.15) is 0 Å². The van der Waals surface area contributed by atoms with Gasteiger partial charge in [0.25, 0.3) is 0 Å². The van der Waals surface area contributed by atoms with Gasteiger partial charge in [-0.05, 0) is 48.8 Å². The van der Waals surface area contributed by atoms with E-state index in [0.717, 1.165) is 12.2 Å². The Hall–Kier alpha value is -1.18. The average molecular weight is 317 g/mol. The number of nitrogen functional groups attached to an aromatic ring is 1. The van der Waals surface area contributed by atoms with Crippen LogP contribution in [0.15, 0.2) is 18.2 Å². The Kier molecular flexibility index (Phi) is 6.80. The first-order chi connectivity index (χ1) is 11.0. The minimum atomic E-state index is 0.601. The Morgan fingerprint density at radius 2 is 1.83 bits per heavy atom. The predicted molar refractivity (Wildman–Crippen MR) is 103 cm³/mol. The number of rotatable bonds is 7. The van der Waals surface area contributed by atoms with Crippen LogP contribution in [0.1, 0.15) is 84.1 Å². The number of anilines is 2. The highest BCUT2D eigenvalue weighted by Gasteiger charge is 2.23. The summed E-state index contributed by atoms with van der Waals surface area (Å²) < 4.78 is 0. The molecule has 0 spiro atoms. The molecule has 1 aromatic rings. The predicted octanol–water partition coefficient (Wildman–Crippen LogP) is 5.97. The van der Waals surface area contributed by atoms with Gasteiger partial charge in [-0.3, -0.25) is 0 Å². The molecule has 130 valence electrons. The van der Waals surface area contributed by atoms with Crippen LogP contribution >= 0.6 is 0 Å². The van der Waals surface area contributed by atoms with Crippen molar-refractivity contribution in [1.82, 2.24) is 0 Å². The van der Waals surface area contributed by atoms with Crippen molar-refractivity contribution in [2.24, 2.45) is 5.92 Å². The van der Waals surface area contributed by atoms with E-state index < -0.39 is 0 Å². The van der Waals surface area contributed by atoms with E-state index in [1.54, 1.807) is 0 Å². The fourth-order valence-electron chi connectivity index (χ4n) is 3.97. The Morgan fingerprint density at radius 3 is 2.39 bits per heavy atom. The molecular weight excluding hydrogens is 280 g/mol. The molecule has 0 amide bonds. The highest BCUT2D eigenvalue weighted by atomic mass is 15.2. The SMILES string of the molecule is CCCC(C)c1ccc(N(CC(C)C)C2CCCCC2)c(N)c1. The van der Waals surface area contributed by atoms with Gasteiger partial charge >= 0.3 is 0 Å². The summed E-state index contributed by atoms with van der Waals surface area (Å²) >= 11 is 0. The van der Waals surface area contributed by atoms with Gasteiger partial charge in [0.2, 0.25) is 0 Å². The van der Waals surface area contributed by atoms with Crippen molar-refractivity contribution >= 4 is 11.4 Å². The van der Waals surface area contributed by atoms with Crippen molar-refractivity contribution < 1.29 is 0 Å². The summed E-state index contributed by atoms with van der Waals surface area (Å²) in [5.74, 6) is 1.26. The molecule has 0 heterocycles. The molecule has 0 saturated heterocycles. The molecule has 1 aromatic carbocycles. The summed E-state index contributed by atoms with van der Waals surface area (Å²) in [4.78, 5) is 2.60. The fraction of sp³-hybridized carbons (Fsp3) is 0.714. The third-order valence-electron chi connectivity index (χ3n) is 5.23. The molecule has 2 nitrogen and oxygen atoms in total. The highest BCUT2D eigenvalue weighted by molar-refractivity contribution is 5.69. The van der Waals surface area contributed by atoms with Gasteiger partial charge in [0.1, 0.15) is 0 Å².